The second-order valence-electron chi connectivity index (χ2n) is 8.27. The third-order valence-corrected chi connectivity index (χ3v) is 7.95. The van der Waals surface area contributed by atoms with Crippen LogP contribution in [0.1, 0.15) is 17.0 Å². The van der Waals surface area contributed by atoms with Crippen LogP contribution in [-0.2, 0) is 27.8 Å². The van der Waals surface area contributed by atoms with Crippen LogP contribution in [0.15, 0.2) is 64.5 Å². The van der Waals surface area contributed by atoms with Gasteiger partial charge in [0.1, 0.15) is 5.03 Å². The number of nitrogens with zero attached hydrogens (tertiary/aromatic N) is 4. The van der Waals surface area contributed by atoms with Gasteiger partial charge in [-0.2, -0.15) is 9.61 Å². The standard InChI is InChI=1S/C24H24N6O5S2/c1-16-2-5-18(6-3-16)37(32,33)26-11-10-22-28-27-21-8-9-24(29-30(21)22)36-14-23(31)25-13-17-4-7-19-20(12-17)35-15-34-19/h2-9,12,26H,10-11,13-15H2,1H3,(H,25,31). The van der Waals surface area contributed by atoms with E-state index < -0.39 is 10.0 Å². The smallest absolute Gasteiger partial charge is 0.240 e. The fourth-order valence-electron chi connectivity index (χ4n) is 3.59. The summed E-state index contributed by atoms with van der Waals surface area (Å²) < 4.78 is 39.8. The fraction of sp³-hybridized carbons (Fsp3) is 0.250. The van der Waals surface area contributed by atoms with Crippen LogP contribution in [0.5, 0.6) is 11.5 Å². The Morgan fingerprint density at radius 1 is 1.05 bits per heavy atom. The number of amides is 1. The Hall–Kier alpha value is -3.68. The summed E-state index contributed by atoms with van der Waals surface area (Å²) in [5.41, 5.74) is 2.43. The molecule has 2 aromatic carbocycles. The largest absolute Gasteiger partial charge is 0.454 e. The summed E-state index contributed by atoms with van der Waals surface area (Å²) in [5.74, 6) is 1.92. The number of carbonyl (C=O) groups excluding carboxylic acids is 1. The zero-order valence-electron chi connectivity index (χ0n) is 19.9. The third kappa shape index (κ3) is 6.01. The maximum absolute atomic E-state index is 12.5. The van der Waals surface area contributed by atoms with E-state index in [0.29, 0.717) is 41.0 Å². The Bertz CT molecular complexity index is 1540. The highest BCUT2D eigenvalue weighted by Gasteiger charge is 2.16. The van der Waals surface area contributed by atoms with Crippen LogP contribution < -0.4 is 19.5 Å². The minimum atomic E-state index is -3.63. The predicted octanol–water partition coefficient (Wildman–Crippen LogP) is 2.09. The van der Waals surface area contributed by atoms with Gasteiger partial charge >= 0.3 is 0 Å². The second kappa shape index (κ2) is 10.7. The highest BCUT2D eigenvalue weighted by molar-refractivity contribution is 7.99. The van der Waals surface area contributed by atoms with Gasteiger partial charge in [0.15, 0.2) is 23.0 Å². The fourth-order valence-corrected chi connectivity index (χ4v) is 5.31. The van der Waals surface area contributed by atoms with Crippen LogP contribution in [-0.4, -0.2) is 53.2 Å². The molecule has 11 nitrogen and oxygen atoms in total. The number of carbonyl (C=O) groups is 1. The van der Waals surface area contributed by atoms with Gasteiger partial charge in [0.05, 0.1) is 10.6 Å². The number of nitrogens with one attached hydrogen (secondary N) is 2. The number of thioether (sulfide) groups is 1. The lowest BCUT2D eigenvalue weighted by atomic mass is 10.2. The number of benzene rings is 2. The third-order valence-electron chi connectivity index (χ3n) is 5.55. The molecule has 0 saturated carbocycles. The minimum Gasteiger partial charge on any atom is -0.454 e. The van der Waals surface area contributed by atoms with Crippen molar-refractivity contribution in [3.05, 3.63) is 71.5 Å². The molecule has 0 bridgehead atoms. The molecule has 192 valence electrons. The van der Waals surface area contributed by atoms with E-state index in [-0.39, 0.29) is 29.9 Å². The number of sulfonamides is 1. The molecular formula is C24H24N6O5S2. The van der Waals surface area contributed by atoms with Crippen molar-refractivity contribution in [2.24, 2.45) is 0 Å². The molecule has 0 radical (unpaired) electrons. The van der Waals surface area contributed by atoms with Crippen LogP contribution in [0.3, 0.4) is 0 Å². The average molecular weight is 541 g/mol. The monoisotopic (exact) mass is 540 g/mol. The lowest BCUT2D eigenvalue weighted by Gasteiger charge is -2.07. The molecule has 1 aliphatic heterocycles. The quantitative estimate of drug-likeness (QED) is 0.290. The lowest BCUT2D eigenvalue weighted by Crippen LogP contribution is -2.26. The van der Waals surface area contributed by atoms with Crippen LogP contribution in [0.2, 0.25) is 0 Å². The maximum atomic E-state index is 12.5. The molecule has 13 heteroatoms. The van der Waals surface area contributed by atoms with E-state index in [4.69, 9.17) is 9.47 Å². The van der Waals surface area contributed by atoms with Crippen LogP contribution in [0, 0.1) is 6.92 Å². The Morgan fingerprint density at radius 3 is 2.70 bits per heavy atom. The summed E-state index contributed by atoms with van der Waals surface area (Å²) in [6.45, 7) is 2.61. The van der Waals surface area contributed by atoms with Gasteiger partial charge in [-0.3, -0.25) is 4.79 Å². The van der Waals surface area contributed by atoms with Crippen molar-refractivity contribution in [1.82, 2.24) is 29.9 Å². The first-order valence-electron chi connectivity index (χ1n) is 11.4. The zero-order valence-corrected chi connectivity index (χ0v) is 21.5. The number of ether oxygens (including phenoxy) is 2. The summed E-state index contributed by atoms with van der Waals surface area (Å²) in [6, 6.07) is 15.7. The summed E-state index contributed by atoms with van der Waals surface area (Å²) >= 11 is 1.28. The Labute approximate surface area is 217 Å². The molecule has 0 fully saturated rings. The van der Waals surface area contributed by atoms with Crippen LogP contribution in [0.4, 0.5) is 0 Å². The van der Waals surface area contributed by atoms with Crippen LogP contribution >= 0.6 is 11.8 Å². The minimum absolute atomic E-state index is 0.137. The number of aromatic nitrogens is 4. The summed E-state index contributed by atoms with van der Waals surface area (Å²) in [5, 5.41) is 16.2. The highest BCUT2D eigenvalue weighted by atomic mass is 32.2. The number of aryl methyl sites for hydroxylation is 1. The summed E-state index contributed by atoms with van der Waals surface area (Å²) in [6.07, 6.45) is 0.295. The first-order chi connectivity index (χ1) is 17.9. The molecule has 2 aromatic heterocycles. The molecule has 0 unspecified atom stereocenters. The topological polar surface area (TPSA) is 137 Å². The van der Waals surface area contributed by atoms with Gasteiger partial charge in [-0.15, -0.1) is 10.2 Å². The Kier molecular flexibility index (Phi) is 7.26. The second-order valence-corrected chi connectivity index (χ2v) is 11.0. The zero-order chi connectivity index (χ0) is 25.8. The average Bonchev–Trinajstić information content (AvgIpc) is 3.53. The van der Waals surface area contributed by atoms with Gasteiger partial charge in [0.25, 0.3) is 0 Å². The highest BCUT2D eigenvalue weighted by Crippen LogP contribution is 2.32. The molecule has 37 heavy (non-hydrogen) atoms. The normalized spacial score (nSPS) is 12.7. The first-order valence-corrected chi connectivity index (χ1v) is 13.9. The van der Waals surface area contributed by atoms with Crippen molar-refractivity contribution >= 4 is 33.3 Å². The van der Waals surface area contributed by atoms with Gasteiger partial charge < -0.3 is 14.8 Å². The molecule has 3 heterocycles. The first kappa shape index (κ1) is 25.0. The summed E-state index contributed by atoms with van der Waals surface area (Å²) in [4.78, 5) is 12.6. The molecule has 0 saturated heterocycles. The predicted molar refractivity (Wildman–Crippen MR) is 136 cm³/mol. The molecule has 0 spiro atoms. The van der Waals surface area contributed by atoms with E-state index in [9.17, 15) is 13.2 Å². The van der Waals surface area contributed by atoms with E-state index >= 15 is 0 Å². The van der Waals surface area contributed by atoms with Crippen molar-refractivity contribution in [2.45, 2.75) is 29.8 Å². The number of rotatable bonds is 10. The molecule has 0 atom stereocenters. The Balaban J connectivity index is 1.14. The maximum Gasteiger partial charge on any atom is 0.240 e. The van der Waals surface area contributed by atoms with Crippen molar-refractivity contribution in [3.63, 3.8) is 0 Å². The number of hydrogen-bond donors (Lipinski definition) is 2. The van der Waals surface area contributed by atoms with Gasteiger partial charge in [-0.1, -0.05) is 35.5 Å². The van der Waals surface area contributed by atoms with Crippen molar-refractivity contribution in [3.8, 4) is 11.5 Å². The van der Waals surface area contributed by atoms with Crippen molar-refractivity contribution in [2.75, 3.05) is 19.1 Å². The summed E-state index contributed by atoms with van der Waals surface area (Å²) in [7, 11) is -3.63. The van der Waals surface area contributed by atoms with Crippen LogP contribution in [0.25, 0.3) is 5.65 Å². The number of fused-ring (bicyclic) bond motifs is 2. The van der Waals surface area contributed by atoms with Crippen molar-refractivity contribution < 1.29 is 22.7 Å². The van der Waals surface area contributed by atoms with Gasteiger partial charge in [-0.05, 0) is 48.9 Å². The van der Waals surface area contributed by atoms with Crippen molar-refractivity contribution in [1.29, 1.82) is 0 Å². The molecule has 0 aliphatic carbocycles. The van der Waals surface area contributed by atoms with E-state index in [1.165, 1.54) is 11.8 Å². The lowest BCUT2D eigenvalue weighted by molar-refractivity contribution is -0.118. The van der Waals surface area contributed by atoms with Gasteiger partial charge in [0, 0.05) is 19.5 Å². The molecule has 5 rings (SSSR count). The van der Waals surface area contributed by atoms with Gasteiger partial charge in [0.2, 0.25) is 22.7 Å². The molecule has 2 N–H and O–H groups in total. The van der Waals surface area contributed by atoms with E-state index in [1.54, 1.807) is 40.9 Å². The van der Waals surface area contributed by atoms with Gasteiger partial charge in [-0.25, -0.2) is 13.1 Å². The Morgan fingerprint density at radius 2 is 1.86 bits per heavy atom. The molecular weight excluding hydrogens is 516 g/mol. The van der Waals surface area contributed by atoms with E-state index in [0.717, 1.165) is 11.1 Å². The number of hydrogen-bond acceptors (Lipinski definition) is 9. The molecule has 4 aromatic rings. The van der Waals surface area contributed by atoms with E-state index in [1.807, 2.05) is 25.1 Å². The SMILES string of the molecule is Cc1ccc(S(=O)(=O)NCCc2nnc3ccc(SCC(=O)NCc4ccc5c(c4)OCO5)nn23)cc1. The van der Waals surface area contributed by atoms with E-state index in [2.05, 4.69) is 25.3 Å². The molecule has 1 amide bonds. The molecule has 1 aliphatic rings.